The molecule has 3 rings (SSSR count). The van der Waals surface area contributed by atoms with Crippen LogP contribution >= 0.6 is 11.3 Å². The zero-order valence-corrected chi connectivity index (χ0v) is 17.9. The zero-order chi connectivity index (χ0) is 21.7. The monoisotopic (exact) mass is 424 g/mol. The van der Waals surface area contributed by atoms with Crippen molar-refractivity contribution in [2.45, 2.75) is 39.3 Å². The topological polar surface area (TPSA) is 93.1 Å². The lowest BCUT2D eigenvalue weighted by Crippen LogP contribution is -2.31. The normalized spacial score (nSPS) is 11.9. The van der Waals surface area contributed by atoms with E-state index < -0.39 is 0 Å². The molecule has 2 amide bonds. The highest BCUT2D eigenvalue weighted by Gasteiger charge is 2.14. The highest BCUT2D eigenvalue weighted by atomic mass is 32.1. The number of nitrogens with zero attached hydrogens (tertiary/aromatic N) is 2. The Morgan fingerprint density at radius 2 is 1.77 bits per heavy atom. The molecule has 0 aliphatic rings. The van der Waals surface area contributed by atoms with Gasteiger partial charge in [0.15, 0.2) is 5.13 Å². The third kappa shape index (κ3) is 5.42. The van der Waals surface area contributed by atoms with E-state index in [2.05, 4.69) is 41.6 Å². The lowest BCUT2D eigenvalue weighted by molar-refractivity contribution is -0.116. The molecule has 1 atom stereocenters. The minimum absolute atomic E-state index is 0.202. The molecule has 0 fully saturated rings. The van der Waals surface area contributed by atoms with Crippen molar-refractivity contribution >= 4 is 28.3 Å². The second kappa shape index (κ2) is 9.49. The van der Waals surface area contributed by atoms with Gasteiger partial charge in [0.2, 0.25) is 5.91 Å². The number of aromatic nitrogens is 2. The predicted molar refractivity (Wildman–Crippen MR) is 118 cm³/mol. The van der Waals surface area contributed by atoms with Gasteiger partial charge in [-0.25, -0.2) is 4.98 Å². The summed E-state index contributed by atoms with van der Waals surface area (Å²) in [7, 11) is 0. The van der Waals surface area contributed by atoms with Gasteiger partial charge in [-0.3, -0.25) is 14.4 Å². The van der Waals surface area contributed by atoms with Gasteiger partial charge in [0.25, 0.3) is 11.5 Å². The first-order chi connectivity index (χ1) is 14.3. The van der Waals surface area contributed by atoms with Gasteiger partial charge in [-0.05, 0) is 30.0 Å². The van der Waals surface area contributed by atoms with E-state index in [0.717, 1.165) is 5.56 Å². The molecule has 0 spiro atoms. The molecule has 2 aromatic heterocycles. The van der Waals surface area contributed by atoms with Gasteiger partial charge in [0.1, 0.15) is 6.54 Å². The average molecular weight is 425 g/mol. The van der Waals surface area contributed by atoms with Crippen LogP contribution in [0, 0.1) is 0 Å². The van der Waals surface area contributed by atoms with Gasteiger partial charge in [0.05, 0.1) is 11.6 Å². The number of hydrogen-bond acceptors (Lipinski definition) is 5. The molecule has 0 saturated heterocycles. The van der Waals surface area contributed by atoms with Crippen molar-refractivity contribution in [3.8, 4) is 0 Å². The minimum Gasteiger partial charge on any atom is -0.345 e. The molecular weight excluding hydrogens is 400 g/mol. The Hall–Kier alpha value is -3.26. The van der Waals surface area contributed by atoms with Gasteiger partial charge < -0.3 is 15.2 Å². The zero-order valence-electron chi connectivity index (χ0n) is 17.1. The molecule has 0 bridgehead atoms. The molecule has 1 aromatic carbocycles. The van der Waals surface area contributed by atoms with Crippen LogP contribution in [0.3, 0.4) is 0 Å². The van der Waals surface area contributed by atoms with Crippen molar-refractivity contribution in [1.82, 2.24) is 14.9 Å². The van der Waals surface area contributed by atoms with Crippen molar-refractivity contribution in [2.24, 2.45) is 0 Å². The molecule has 2 N–H and O–H groups in total. The largest absolute Gasteiger partial charge is 0.345 e. The first kappa shape index (κ1) is 21.4. The summed E-state index contributed by atoms with van der Waals surface area (Å²) < 4.78 is 1.21. The van der Waals surface area contributed by atoms with E-state index in [9.17, 15) is 14.4 Å². The van der Waals surface area contributed by atoms with Crippen LogP contribution in [-0.2, 0) is 11.3 Å². The maximum atomic E-state index is 12.7. The smallest absolute Gasteiger partial charge is 0.253 e. The van der Waals surface area contributed by atoms with Crippen molar-refractivity contribution in [1.29, 1.82) is 0 Å². The van der Waals surface area contributed by atoms with Crippen molar-refractivity contribution in [3.63, 3.8) is 0 Å². The second-order valence-corrected chi connectivity index (χ2v) is 8.18. The number of hydrogen-bond donors (Lipinski definition) is 2. The fourth-order valence-electron chi connectivity index (χ4n) is 2.92. The van der Waals surface area contributed by atoms with Gasteiger partial charge in [-0.1, -0.05) is 38.1 Å². The summed E-state index contributed by atoms with van der Waals surface area (Å²) in [4.78, 5) is 40.9. The van der Waals surface area contributed by atoms with Crippen LogP contribution in [0.2, 0.25) is 0 Å². The standard InChI is InChI=1S/C22H24N4O3S/c1-14(2)16-4-6-17(7-5-16)15(3)24-21(29)18-8-9-20(28)26(12-18)13-19(27)25-22-23-10-11-30-22/h4-12,14-15H,13H2,1-3H3,(H,24,29)(H,23,25,27)/t15-/m1/s1. The maximum Gasteiger partial charge on any atom is 0.253 e. The highest BCUT2D eigenvalue weighted by Crippen LogP contribution is 2.19. The van der Waals surface area contributed by atoms with Crippen LogP contribution < -0.4 is 16.2 Å². The summed E-state index contributed by atoms with van der Waals surface area (Å²) in [6.45, 7) is 5.96. The molecule has 0 unspecified atom stereocenters. The molecule has 0 aliphatic carbocycles. The van der Waals surface area contributed by atoms with Gasteiger partial charge in [-0.15, -0.1) is 11.3 Å². The molecule has 30 heavy (non-hydrogen) atoms. The van der Waals surface area contributed by atoms with E-state index in [0.29, 0.717) is 16.6 Å². The molecule has 156 valence electrons. The van der Waals surface area contributed by atoms with E-state index in [1.165, 1.54) is 39.8 Å². The lowest BCUT2D eigenvalue weighted by Gasteiger charge is -2.16. The van der Waals surface area contributed by atoms with E-state index in [1.54, 1.807) is 11.6 Å². The third-order valence-corrected chi connectivity index (χ3v) is 5.38. The Labute approximate surface area is 178 Å². The second-order valence-electron chi connectivity index (χ2n) is 7.29. The number of carbonyl (C=O) groups is 2. The molecule has 0 saturated carbocycles. The van der Waals surface area contributed by atoms with Crippen molar-refractivity contribution in [3.05, 3.63) is 81.2 Å². The Balaban J connectivity index is 1.67. The van der Waals surface area contributed by atoms with E-state index in [1.807, 2.05) is 19.1 Å². The maximum absolute atomic E-state index is 12.7. The number of benzene rings is 1. The number of nitrogens with one attached hydrogen (secondary N) is 2. The fourth-order valence-corrected chi connectivity index (χ4v) is 3.47. The predicted octanol–water partition coefficient (Wildman–Crippen LogP) is 3.56. The van der Waals surface area contributed by atoms with Gasteiger partial charge in [-0.2, -0.15) is 0 Å². The summed E-state index contributed by atoms with van der Waals surface area (Å²) >= 11 is 1.29. The van der Waals surface area contributed by atoms with Crippen LogP contribution in [0.4, 0.5) is 5.13 Å². The molecule has 0 aliphatic heterocycles. The summed E-state index contributed by atoms with van der Waals surface area (Å²) in [6.07, 6.45) is 2.97. The average Bonchev–Trinajstić information content (AvgIpc) is 3.22. The van der Waals surface area contributed by atoms with Crippen LogP contribution in [0.15, 0.2) is 59.0 Å². The highest BCUT2D eigenvalue weighted by molar-refractivity contribution is 7.13. The molecule has 3 aromatic rings. The summed E-state index contributed by atoms with van der Waals surface area (Å²) in [6, 6.07) is 10.7. The number of pyridine rings is 1. The number of amides is 2. The molecule has 7 nitrogen and oxygen atoms in total. The molecular formula is C22H24N4O3S. The number of carbonyl (C=O) groups excluding carboxylic acids is 2. The molecule has 0 radical (unpaired) electrons. The summed E-state index contributed by atoms with van der Waals surface area (Å²) in [5.41, 5.74) is 2.17. The van der Waals surface area contributed by atoms with Crippen LogP contribution in [0.5, 0.6) is 0 Å². The van der Waals surface area contributed by atoms with Crippen molar-refractivity contribution < 1.29 is 9.59 Å². The third-order valence-electron chi connectivity index (χ3n) is 4.69. The Morgan fingerprint density at radius 3 is 2.40 bits per heavy atom. The number of thiazole rings is 1. The van der Waals surface area contributed by atoms with Crippen molar-refractivity contribution in [2.75, 3.05) is 5.32 Å². The van der Waals surface area contributed by atoms with Crippen LogP contribution in [0.1, 0.15) is 54.2 Å². The lowest BCUT2D eigenvalue weighted by atomic mass is 9.99. The van der Waals surface area contributed by atoms with Gasteiger partial charge >= 0.3 is 0 Å². The Bertz CT molecular complexity index is 1070. The van der Waals surface area contributed by atoms with Crippen LogP contribution in [-0.4, -0.2) is 21.4 Å². The SMILES string of the molecule is CC(C)c1ccc([C@@H](C)NC(=O)c2ccc(=O)n(CC(=O)Nc3nccs3)c2)cc1. The Kier molecular flexibility index (Phi) is 6.79. The van der Waals surface area contributed by atoms with Crippen LogP contribution in [0.25, 0.3) is 0 Å². The molecule has 8 heteroatoms. The molecule has 2 heterocycles. The summed E-state index contributed by atoms with van der Waals surface area (Å²) in [5.74, 6) is -0.259. The van der Waals surface area contributed by atoms with E-state index in [-0.39, 0.29) is 30.0 Å². The summed E-state index contributed by atoms with van der Waals surface area (Å²) in [5, 5.41) is 7.75. The first-order valence-electron chi connectivity index (χ1n) is 9.64. The van der Waals surface area contributed by atoms with Gasteiger partial charge in [0, 0.05) is 23.8 Å². The number of anilines is 1. The van der Waals surface area contributed by atoms with E-state index >= 15 is 0 Å². The number of rotatable bonds is 7. The first-order valence-corrected chi connectivity index (χ1v) is 10.5. The minimum atomic E-state index is -0.386. The fraction of sp³-hybridized carbons (Fsp3) is 0.273. The Morgan fingerprint density at radius 1 is 1.07 bits per heavy atom. The van der Waals surface area contributed by atoms with E-state index in [4.69, 9.17) is 0 Å². The quantitative estimate of drug-likeness (QED) is 0.606.